The van der Waals surface area contributed by atoms with Crippen LogP contribution in [0.15, 0.2) is 53.7 Å². The molecule has 7 heteroatoms. The van der Waals surface area contributed by atoms with Crippen molar-refractivity contribution in [2.45, 2.75) is 23.8 Å². The highest BCUT2D eigenvalue weighted by atomic mass is 32.2. The Kier molecular flexibility index (Phi) is 4.85. The molecule has 0 bridgehead atoms. The van der Waals surface area contributed by atoms with E-state index in [2.05, 4.69) is 17.4 Å². The first kappa shape index (κ1) is 18.4. The second kappa shape index (κ2) is 7.65. The lowest BCUT2D eigenvalue weighted by Crippen LogP contribution is -2.44. The molecule has 3 heterocycles. The largest absolute Gasteiger partial charge is 0.378 e. The highest BCUT2D eigenvalue weighted by molar-refractivity contribution is 8.00. The molecule has 1 fully saturated rings. The minimum absolute atomic E-state index is 0.160. The molecule has 29 heavy (non-hydrogen) atoms. The number of carbonyl (C=O) groups is 1. The van der Waals surface area contributed by atoms with E-state index in [-0.39, 0.29) is 11.2 Å². The number of para-hydroxylation sites is 3. The maximum absolute atomic E-state index is 13.1. The number of amides is 1. The quantitative estimate of drug-likeness (QED) is 0.381. The Balaban J connectivity index is 1.63. The number of hydrogen-bond acceptors (Lipinski definition) is 5. The molecule has 0 N–H and O–H groups in total. The summed E-state index contributed by atoms with van der Waals surface area (Å²) in [6.45, 7) is 4.59. The van der Waals surface area contributed by atoms with Crippen molar-refractivity contribution in [3.8, 4) is 0 Å². The minimum atomic E-state index is -0.189. The fourth-order valence-electron chi connectivity index (χ4n) is 3.82. The van der Waals surface area contributed by atoms with E-state index in [4.69, 9.17) is 14.7 Å². The molecule has 1 saturated heterocycles. The number of fused-ring (bicyclic) bond motifs is 5. The molecule has 2 aromatic carbocycles. The first-order valence-corrected chi connectivity index (χ1v) is 10.8. The average molecular weight is 407 g/mol. The highest BCUT2D eigenvalue weighted by Gasteiger charge is 2.27. The number of carbonyl (C=O) groups excluding carboxylic acids is 1. The maximum Gasteiger partial charge on any atom is 0.236 e. The number of benzene rings is 2. The second-order valence-electron chi connectivity index (χ2n) is 7.12. The molecule has 0 unspecified atom stereocenters. The molecule has 0 aliphatic carbocycles. The summed E-state index contributed by atoms with van der Waals surface area (Å²) < 4.78 is 7.49. The Morgan fingerprint density at radius 2 is 1.79 bits per heavy atom. The third-order valence-electron chi connectivity index (χ3n) is 5.33. The summed E-state index contributed by atoms with van der Waals surface area (Å²) in [5.41, 5.74) is 3.72. The van der Waals surface area contributed by atoms with Crippen LogP contribution in [-0.2, 0) is 9.53 Å². The van der Waals surface area contributed by atoms with Crippen LogP contribution in [0.3, 0.4) is 0 Å². The third-order valence-corrected chi connectivity index (χ3v) is 6.63. The monoisotopic (exact) mass is 406 g/mol. The molecule has 6 nitrogen and oxygen atoms in total. The first-order valence-electron chi connectivity index (χ1n) is 9.95. The first-order chi connectivity index (χ1) is 14.3. The molecule has 1 aliphatic rings. The topological polar surface area (TPSA) is 59.7 Å². The van der Waals surface area contributed by atoms with E-state index in [1.54, 1.807) is 0 Å². The SMILES string of the molecule is CC[C@@H](Sc1nc2ccccc2c2nc3ccccc3n12)C(=O)N1CCOCC1. The Hall–Kier alpha value is -2.64. The van der Waals surface area contributed by atoms with Gasteiger partial charge in [0.05, 0.1) is 35.0 Å². The zero-order valence-electron chi connectivity index (χ0n) is 16.2. The van der Waals surface area contributed by atoms with Crippen molar-refractivity contribution in [2.75, 3.05) is 26.3 Å². The van der Waals surface area contributed by atoms with E-state index in [0.717, 1.165) is 39.2 Å². The van der Waals surface area contributed by atoms with E-state index in [1.165, 1.54) is 11.8 Å². The average Bonchev–Trinajstić information content (AvgIpc) is 3.18. The van der Waals surface area contributed by atoms with Crippen LogP contribution < -0.4 is 0 Å². The van der Waals surface area contributed by atoms with Gasteiger partial charge in [-0.25, -0.2) is 9.97 Å². The van der Waals surface area contributed by atoms with Crippen LogP contribution in [-0.4, -0.2) is 56.7 Å². The molecule has 4 aromatic rings. The fourth-order valence-corrected chi connectivity index (χ4v) is 4.93. The maximum atomic E-state index is 13.1. The van der Waals surface area contributed by atoms with Crippen LogP contribution in [0.25, 0.3) is 27.6 Å². The zero-order chi connectivity index (χ0) is 19.8. The van der Waals surface area contributed by atoms with Crippen LogP contribution in [0, 0.1) is 0 Å². The zero-order valence-corrected chi connectivity index (χ0v) is 17.1. The van der Waals surface area contributed by atoms with E-state index in [9.17, 15) is 4.79 Å². The van der Waals surface area contributed by atoms with Gasteiger partial charge in [0.15, 0.2) is 5.16 Å². The van der Waals surface area contributed by atoms with Gasteiger partial charge in [-0.1, -0.05) is 43.0 Å². The number of morpholine rings is 1. The molecule has 1 atom stereocenters. The van der Waals surface area contributed by atoms with Crippen molar-refractivity contribution in [3.63, 3.8) is 0 Å². The molecule has 2 aromatic heterocycles. The molecule has 0 saturated carbocycles. The highest BCUT2D eigenvalue weighted by Crippen LogP contribution is 2.32. The number of rotatable bonds is 4. The molecular weight excluding hydrogens is 384 g/mol. The summed E-state index contributed by atoms with van der Waals surface area (Å²) in [6, 6.07) is 16.1. The molecule has 0 radical (unpaired) electrons. The Labute approximate surface area is 172 Å². The Bertz CT molecular complexity index is 1200. The normalized spacial score (nSPS) is 16.0. The van der Waals surface area contributed by atoms with E-state index >= 15 is 0 Å². The number of hydrogen-bond donors (Lipinski definition) is 0. The van der Waals surface area contributed by atoms with Gasteiger partial charge in [0, 0.05) is 18.5 Å². The second-order valence-corrected chi connectivity index (χ2v) is 8.29. The van der Waals surface area contributed by atoms with Crippen molar-refractivity contribution < 1.29 is 9.53 Å². The van der Waals surface area contributed by atoms with Gasteiger partial charge in [0.25, 0.3) is 0 Å². The Morgan fingerprint density at radius 3 is 2.59 bits per heavy atom. The molecule has 0 spiro atoms. The van der Waals surface area contributed by atoms with Crippen LogP contribution in [0.5, 0.6) is 0 Å². The van der Waals surface area contributed by atoms with Crippen LogP contribution >= 0.6 is 11.8 Å². The predicted octanol–water partition coefficient (Wildman–Crippen LogP) is 3.77. The van der Waals surface area contributed by atoms with Gasteiger partial charge in [-0.3, -0.25) is 9.20 Å². The summed E-state index contributed by atoms with van der Waals surface area (Å²) in [6.07, 6.45) is 0.740. The summed E-state index contributed by atoms with van der Waals surface area (Å²) in [5.74, 6) is 0.160. The number of nitrogens with zero attached hydrogens (tertiary/aromatic N) is 4. The number of imidazole rings is 1. The summed E-state index contributed by atoms with van der Waals surface area (Å²) in [7, 11) is 0. The number of thioether (sulfide) groups is 1. The van der Waals surface area contributed by atoms with Crippen molar-refractivity contribution in [1.29, 1.82) is 0 Å². The molecule has 5 rings (SSSR count). The van der Waals surface area contributed by atoms with Gasteiger partial charge in [-0.15, -0.1) is 0 Å². The molecular formula is C22H22N4O2S. The van der Waals surface area contributed by atoms with E-state index < -0.39 is 0 Å². The minimum Gasteiger partial charge on any atom is -0.378 e. The van der Waals surface area contributed by atoms with Crippen LogP contribution in [0.1, 0.15) is 13.3 Å². The third kappa shape index (κ3) is 3.24. The Morgan fingerprint density at radius 1 is 1.07 bits per heavy atom. The number of ether oxygens (including phenoxy) is 1. The van der Waals surface area contributed by atoms with Crippen LogP contribution in [0.2, 0.25) is 0 Å². The van der Waals surface area contributed by atoms with Gasteiger partial charge in [-0.05, 0) is 30.7 Å². The summed E-state index contributed by atoms with van der Waals surface area (Å²) >= 11 is 1.53. The van der Waals surface area contributed by atoms with Gasteiger partial charge in [0.2, 0.25) is 5.91 Å². The molecule has 148 valence electrons. The molecule has 1 aliphatic heterocycles. The van der Waals surface area contributed by atoms with Crippen molar-refractivity contribution in [3.05, 3.63) is 48.5 Å². The summed E-state index contributed by atoms with van der Waals surface area (Å²) in [4.78, 5) is 24.8. The van der Waals surface area contributed by atoms with E-state index in [0.29, 0.717) is 26.3 Å². The van der Waals surface area contributed by atoms with Crippen molar-refractivity contribution in [1.82, 2.24) is 19.3 Å². The van der Waals surface area contributed by atoms with Crippen molar-refractivity contribution in [2.24, 2.45) is 0 Å². The smallest absolute Gasteiger partial charge is 0.236 e. The molecule has 1 amide bonds. The lowest BCUT2D eigenvalue weighted by Gasteiger charge is -2.29. The van der Waals surface area contributed by atoms with Gasteiger partial charge < -0.3 is 9.64 Å². The van der Waals surface area contributed by atoms with Gasteiger partial charge in [-0.2, -0.15) is 0 Å². The lowest BCUT2D eigenvalue weighted by molar-refractivity contribution is -0.134. The summed E-state index contributed by atoms with van der Waals surface area (Å²) in [5, 5.41) is 1.63. The van der Waals surface area contributed by atoms with Crippen molar-refractivity contribution >= 4 is 45.3 Å². The number of aromatic nitrogens is 3. The van der Waals surface area contributed by atoms with Gasteiger partial charge in [0.1, 0.15) is 5.65 Å². The predicted molar refractivity (Wildman–Crippen MR) is 115 cm³/mol. The van der Waals surface area contributed by atoms with Crippen LogP contribution in [0.4, 0.5) is 0 Å². The van der Waals surface area contributed by atoms with E-state index in [1.807, 2.05) is 47.4 Å². The lowest BCUT2D eigenvalue weighted by atomic mass is 10.2. The fraction of sp³-hybridized carbons (Fsp3) is 0.318. The van der Waals surface area contributed by atoms with Gasteiger partial charge >= 0.3 is 0 Å². The standard InChI is InChI=1S/C22H22N4O2S/c1-2-19(21(27)25-11-13-28-14-12-25)29-22-24-16-8-4-3-7-15(16)20-23-17-9-5-6-10-18(17)26(20)22/h3-10,19H,2,11-14H2,1H3/t19-/m1/s1.